The highest BCUT2D eigenvalue weighted by atomic mass is 16.4. The first-order valence-corrected chi connectivity index (χ1v) is 6.54. The van der Waals surface area contributed by atoms with Gasteiger partial charge in [-0.1, -0.05) is 44.0 Å². The van der Waals surface area contributed by atoms with Crippen molar-refractivity contribution in [2.75, 3.05) is 0 Å². The van der Waals surface area contributed by atoms with Crippen molar-refractivity contribution in [2.24, 2.45) is 5.92 Å². The zero-order valence-electron chi connectivity index (χ0n) is 10.4. The van der Waals surface area contributed by atoms with Crippen molar-refractivity contribution in [3.63, 3.8) is 0 Å². The van der Waals surface area contributed by atoms with Gasteiger partial charge in [0.25, 0.3) is 0 Å². The molecule has 0 spiro atoms. The van der Waals surface area contributed by atoms with Crippen LogP contribution in [0.2, 0.25) is 0 Å². The van der Waals surface area contributed by atoms with Gasteiger partial charge in [-0.15, -0.1) is 0 Å². The summed E-state index contributed by atoms with van der Waals surface area (Å²) in [7, 11) is 0. The molecule has 2 heteroatoms. The Balaban J connectivity index is 2.20. The number of hydrogen-bond donors (Lipinski definition) is 1. The summed E-state index contributed by atoms with van der Waals surface area (Å²) < 4.78 is 0. The smallest absolute Gasteiger partial charge is 0.307 e. The van der Waals surface area contributed by atoms with Crippen molar-refractivity contribution < 1.29 is 9.90 Å². The van der Waals surface area contributed by atoms with Crippen LogP contribution in [0.4, 0.5) is 0 Å². The number of aryl methyl sites for hydroxylation is 1. The molecule has 2 atom stereocenters. The van der Waals surface area contributed by atoms with Crippen molar-refractivity contribution in [1.82, 2.24) is 0 Å². The van der Waals surface area contributed by atoms with Gasteiger partial charge in [0.2, 0.25) is 0 Å². The lowest BCUT2D eigenvalue weighted by molar-refractivity contribution is -0.143. The maximum Gasteiger partial charge on any atom is 0.307 e. The van der Waals surface area contributed by atoms with Gasteiger partial charge < -0.3 is 5.11 Å². The van der Waals surface area contributed by atoms with Crippen molar-refractivity contribution in [3.05, 3.63) is 35.4 Å². The van der Waals surface area contributed by atoms with Gasteiger partial charge in [0, 0.05) is 0 Å². The molecule has 0 radical (unpaired) electrons. The second-order valence-electron chi connectivity index (χ2n) is 4.93. The number of aliphatic carboxylic acids is 1. The van der Waals surface area contributed by atoms with E-state index < -0.39 is 5.97 Å². The number of carboxylic acids is 1. The minimum Gasteiger partial charge on any atom is -0.481 e. The number of carbonyl (C=O) groups is 1. The average molecular weight is 232 g/mol. The molecule has 0 bridgehead atoms. The van der Waals surface area contributed by atoms with Gasteiger partial charge in [0.05, 0.1) is 5.92 Å². The van der Waals surface area contributed by atoms with Crippen molar-refractivity contribution in [2.45, 2.75) is 44.9 Å². The Labute approximate surface area is 103 Å². The molecule has 2 rings (SSSR count). The fraction of sp³-hybridized carbons (Fsp3) is 0.533. The summed E-state index contributed by atoms with van der Waals surface area (Å²) in [5, 5.41) is 9.27. The Morgan fingerprint density at radius 1 is 1.24 bits per heavy atom. The molecule has 1 aliphatic rings. The Kier molecular flexibility index (Phi) is 3.82. The van der Waals surface area contributed by atoms with E-state index in [1.54, 1.807) is 0 Å². The molecular formula is C15H20O2. The highest BCUT2D eigenvalue weighted by Gasteiger charge is 2.31. The van der Waals surface area contributed by atoms with Crippen molar-refractivity contribution >= 4 is 5.97 Å². The Morgan fingerprint density at radius 3 is 2.47 bits per heavy atom. The van der Waals surface area contributed by atoms with E-state index in [1.807, 2.05) is 0 Å². The number of rotatable bonds is 3. The van der Waals surface area contributed by atoms with Crippen molar-refractivity contribution in [1.29, 1.82) is 0 Å². The first kappa shape index (κ1) is 12.2. The minimum atomic E-state index is -0.630. The summed E-state index contributed by atoms with van der Waals surface area (Å²) in [4.78, 5) is 11.3. The predicted octanol–water partition coefficient (Wildman–Crippen LogP) is 3.61. The van der Waals surface area contributed by atoms with E-state index in [1.165, 1.54) is 11.1 Å². The molecule has 92 valence electrons. The average Bonchev–Trinajstić information content (AvgIpc) is 2.39. The van der Waals surface area contributed by atoms with Gasteiger partial charge in [-0.25, -0.2) is 0 Å². The summed E-state index contributed by atoms with van der Waals surface area (Å²) >= 11 is 0. The molecule has 17 heavy (non-hydrogen) atoms. The van der Waals surface area contributed by atoms with E-state index in [0.717, 1.165) is 32.1 Å². The molecule has 1 aromatic rings. The van der Waals surface area contributed by atoms with Crippen LogP contribution >= 0.6 is 0 Å². The molecule has 2 nitrogen and oxygen atoms in total. The molecule has 1 fully saturated rings. The van der Waals surface area contributed by atoms with Crippen LogP contribution in [0.5, 0.6) is 0 Å². The summed E-state index contributed by atoms with van der Waals surface area (Å²) in [5.74, 6) is -0.599. The zero-order chi connectivity index (χ0) is 12.3. The molecule has 0 aliphatic heterocycles. The van der Waals surface area contributed by atoms with Crippen molar-refractivity contribution in [3.8, 4) is 0 Å². The molecule has 1 aromatic carbocycles. The molecule has 0 saturated heterocycles. The first-order valence-electron chi connectivity index (χ1n) is 6.54. The SMILES string of the molecule is CCc1ccc(C2CCCCC2C(=O)O)cc1. The quantitative estimate of drug-likeness (QED) is 0.864. The van der Waals surface area contributed by atoms with Gasteiger partial charge >= 0.3 is 5.97 Å². The minimum absolute atomic E-state index is 0.184. The third kappa shape index (κ3) is 2.68. The Morgan fingerprint density at radius 2 is 1.88 bits per heavy atom. The van der Waals surface area contributed by atoms with E-state index in [9.17, 15) is 9.90 Å². The lowest BCUT2D eigenvalue weighted by Gasteiger charge is -2.29. The van der Waals surface area contributed by atoms with Gasteiger partial charge in [-0.05, 0) is 36.3 Å². The summed E-state index contributed by atoms with van der Waals surface area (Å²) in [6.07, 6.45) is 5.09. The number of hydrogen-bond acceptors (Lipinski definition) is 1. The number of carboxylic acid groups (broad SMARTS) is 1. The standard InChI is InChI=1S/C15H20O2/c1-2-11-7-9-12(10-8-11)13-5-3-4-6-14(13)15(16)17/h7-10,13-14H,2-6H2,1H3,(H,16,17). The number of benzene rings is 1. The molecule has 1 saturated carbocycles. The first-order chi connectivity index (χ1) is 8.22. The van der Waals surface area contributed by atoms with Crippen LogP contribution in [0.15, 0.2) is 24.3 Å². The second kappa shape index (κ2) is 5.35. The fourth-order valence-corrected chi connectivity index (χ4v) is 2.83. The fourth-order valence-electron chi connectivity index (χ4n) is 2.83. The van der Waals surface area contributed by atoms with Gasteiger partial charge in [0.15, 0.2) is 0 Å². The zero-order valence-corrected chi connectivity index (χ0v) is 10.4. The van der Waals surface area contributed by atoms with E-state index in [0.29, 0.717) is 0 Å². The van der Waals surface area contributed by atoms with Crippen LogP contribution in [-0.4, -0.2) is 11.1 Å². The highest BCUT2D eigenvalue weighted by Crippen LogP contribution is 2.37. The van der Waals surface area contributed by atoms with Gasteiger partial charge in [0.1, 0.15) is 0 Å². The van der Waals surface area contributed by atoms with Gasteiger partial charge in [-0.3, -0.25) is 4.79 Å². The molecule has 1 aliphatic carbocycles. The van der Waals surface area contributed by atoms with Crippen LogP contribution in [0.25, 0.3) is 0 Å². The molecule has 0 aromatic heterocycles. The highest BCUT2D eigenvalue weighted by molar-refractivity contribution is 5.71. The predicted molar refractivity (Wildman–Crippen MR) is 68.2 cm³/mol. The Bertz CT molecular complexity index is 380. The molecule has 1 N–H and O–H groups in total. The third-order valence-corrected chi connectivity index (χ3v) is 3.90. The van der Waals surface area contributed by atoms with E-state index in [-0.39, 0.29) is 11.8 Å². The molecule has 0 amide bonds. The lowest BCUT2D eigenvalue weighted by Crippen LogP contribution is -2.25. The van der Waals surface area contributed by atoms with E-state index >= 15 is 0 Å². The molecular weight excluding hydrogens is 212 g/mol. The summed E-state index contributed by atoms with van der Waals surface area (Å²) in [6, 6.07) is 8.49. The van der Waals surface area contributed by atoms with Crippen LogP contribution < -0.4 is 0 Å². The normalized spacial score (nSPS) is 24.5. The van der Waals surface area contributed by atoms with Crippen LogP contribution in [-0.2, 0) is 11.2 Å². The maximum absolute atomic E-state index is 11.3. The van der Waals surface area contributed by atoms with Gasteiger partial charge in [-0.2, -0.15) is 0 Å². The largest absolute Gasteiger partial charge is 0.481 e. The molecule has 0 heterocycles. The maximum atomic E-state index is 11.3. The second-order valence-corrected chi connectivity index (χ2v) is 4.93. The van der Waals surface area contributed by atoms with Crippen LogP contribution in [0.3, 0.4) is 0 Å². The Hall–Kier alpha value is -1.31. The topological polar surface area (TPSA) is 37.3 Å². The summed E-state index contributed by atoms with van der Waals surface area (Å²) in [5.41, 5.74) is 2.52. The van der Waals surface area contributed by atoms with Crippen LogP contribution in [0, 0.1) is 5.92 Å². The summed E-state index contributed by atoms with van der Waals surface area (Å²) in [6.45, 7) is 2.13. The van der Waals surface area contributed by atoms with Crippen LogP contribution in [0.1, 0.15) is 49.7 Å². The third-order valence-electron chi connectivity index (χ3n) is 3.90. The van der Waals surface area contributed by atoms with E-state index in [4.69, 9.17) is 0 Å². The monoisotopic (exact) mass is 232 g/mol. The van der Waals surface area contributed by atoms with E-state index in [2.05, 4.69) is 31.2 Å². The lowest BCUT2D eigenvalue weighted by atomic mass is 9.75. The molecule has 2 unspecified atom stereocenters.